The van der Waals surface area contributed by atoms with Gasteiger partial charge in [0.05, 0.1) is 12.2 Å². The normalized spacial score (nSPS) is 15.0. The quantitative estimate of drug-likeness (QED) is 0.588. The van der Waals surface area contributed by atoms with Crippen molar-refractivity contribution in [2.75, 3.05) is 13.2 Å². The molecule has 0 aromatic heterocycles. The second kappa shape index (κ2) is 5.79. The van der Waals surface area contributed by atoms with Crippen molar-refractivity contribution in [2.24, 2.45) is 0 Å². The van der Waals surface area contributed by atoms with Crippen LogP contribution in [0.3, 0.4) is 0 Å². The molecule has 0 bridgehead atoms. The second-order valence-electron chi connectivity index (χ2n) is 2.57. The van der Waals surface area contributed by atoms with Crippen molar-refractivity contribution in [3.8, 4) is 0 Å². The summed E-state index contributed by atoms with van der Waals surface area (Å²) in [5.41, 5.74) is 0. The van der Waals surface area contributed by atoms with Crippen LogP contribution >= 0.6 is 0 Å². The Morgan fingerprint density at radius 1 is 1.17 bits per heavy atom. The van der Waals surface area contributed by atoms with Crippen LogP contribution in [0.15, 0.2) is 0 Å². The van der Waals surface area contributed by atoms with Gasteiger partial charge in [-0.3, -0.25) is 0 Å². The van der Waals surface area contributed by atoms with E-state index < -0.39 is 18.4 Å². The van der Waals surface area contributed by atoms with E-state index in [0.29, 0.717) is 0 Å². The molecular formula is C7H14O5. The lowest BCUT2D eigenvalue weighted by atomic mass is 10.4. The lowest BCUT2D eigenvalue weighted by Crippen LogP contribution is -2.19. The van der Waals surface area contributed by atoms with Crippen molar-refractivity contribution in [2.45, 2.75) is 26.1 Å². The Morgan fingerprint density at radius 2 is 1.50 bits per heavy atom. The zero-order valence-corrected chi connectivity index (χ0v) is 7.19. The zero-order chi connectivity index (χ0) is 9.56. The minimum absolute atomic E-state index is 0.0986. The highest BCUT2D eigenvalue weighted by molar-refractivity contribution is 5.59. The van der Waals surface area contributed by atoms with Gasteiger partial charge >= 0.3 is 6.16 Å². The van der Waals surface area contributed by atoms with Crippen molar-refractivity contribution < 1.29 is 24.5 Å². The molecule has 0 rings (SSSR count). The molecule has 0 aliphatic carbocycles. The fraction of sp³-hybridized carbons (Fsp3) is 0.857. The lowest BCUT2D eigenvalue weighted by Gasteiger charge is -2.08. The van der Waals surface area contributed by atoms with Gasteiger partial charge in [0, 0.05) is 0 Å². The molecular weight excluding hydrogens is 164 g/mol. The molecule has 5 heteroatoms. The highest BCUT2D eigenvalue weighted by Gasteiger charge is 2.06. The highest BCUT2D eigenvalue weighted by Crippen LogP contribution is 1.90. The van der Waals surface area contributed by atoms with Gasteiger partial charge in [0.1, 0.15) is 13.2 Å². The maximum absolute atomic E-state index is 10.6. The molecule has 72 valence electrons. The molecule has 12 heavy (non-hydrogen) atoms. The molecule has 0 spiro atoms. The van der Waals surface area contributed by atoms with E-state index in [1.165, 1.54) is 13.8 Å². The molecule has 0 saturated carbocycles. The first-order valence-electron chi connectivity index (χ1n) is 3.68. The second-order valence-corrected chi connectivity index (χ2v) is 2.57. The van der Waals surface area contributed by atoms with Crippen LogP contribution in [0.4, 0.5) is 4.79 Å². The van der Waals surface area contributed by atoms with Gasteiger partial charge in [0.2, 0.25) is 0 Å². The van der Waals surface area contributed by atoms with Gasteiger partial charge in [-0.15, -0.1) is 0 Å². The zero-order valence-electron chi connectivity index (χ0n) is 7.19. The largest absolute Gasteiger partial charge is 0.508 e. The number of hydrogen-bond acceptors (Lipinski definition) is 5. The summed E-state index contributed by atoms with van der Waals surface area (Å²) in [7, 11) is 0. The van der Waals surface area contributed by atoms with Crippen LogP contribution < -0.4 is 0 Å². The number of rotatable bonds is 4. The third kappa shape index (κ3) is 7.30. The molecule has 0 aromatic rings. The highest BCUT2D eigenvalue weighted by atomic mass is 16.7. The summed E-state index contributed by atoms with van der Waals surface area (Å²) in [6, 6.07) is 0. The van der Waals surface area contributed by atoms with E-state index in [0.717, 1.165) is 0 Å². The average molecular weight is 178 g/mol. The minimum atomic E-state index is -0.878. The van der Waals surface area contributed by atoms with Gasteiger partial charge in [0.15, 0.2) is 0 Å². The molecule has 0 saturated heterocycles. The van der Waals surface area contributed by atoms with Crippen LogP contribution in [0.2, 0.25) is 0 Å². The van der Waals surface area contributed by atoms with E-state index in [1.807, 2.05) is 0 Å². The van der Waals surface area contributed by atoms with Gasteiger partial charge in [-0.05, 0) is 13.8 Å². The number of carbonyl (C=O) groups excluding carboxylic acids is 1. The Balaban J connectivity index is 3.34. The number of aliphatic hydroxyl groups excluding tert-OH is 2. The lowest BCUT2D eigenvalue weighted by molar-refractivity contribution is 0.00439. The molecule has 0 radical (unpaired) electrons. The Labute approximate surface area is 70.9 Å². The van der Waals surface area contributed by atoms with Crippen LogP contribution in [0, 0.1) is 0 Å². The third-order valence-electron chi connectivity index (χ3n) is 0.885. The van der Waals surface area contributed by atoms with E-state index in [9.17, 15) is 4.79 Å². The van der Waals surface area contributed by atoms with Crippen molar-refractivity contribution >= 4 is 6.16 Å². The Morgan fingerprint density at radius 3 is 1.75 bits per heavy atom. The maximum Gasteiger partial charge on any atom is 0.508 e. The average Bonchev–Trinajstić information content (AvgIpc) is 1.96. The summed E-state index contributed by atoms with van der Waals surface area (Å²) in [6.45, 7) is 2.78. The summed E-state index contributed by atoms with van der Waals surface area (Å²) >= 11 is 0. The van der Waals surface area contributed by atoms with Crippen LogP contribution in [0.25, 0.3) is 0 Å². The van der Waals surface area contributed by atoms with E-state index in [-0.39, 0.29) is 13.2 Å². The maximum atomic E-state index is 10.6. The van der Waals surface area contributed by atoms with Gasteiger partial charge in [-0.2, -0.15) is 0 Å². The first kappa shape index (κ1) is 11.2. The molecule has 5 nitrogen and oxygen atoms in total. The van der Waals surface area contributed by atoms with Crippen LogP contribution in [-0.4, -0.2) is 41.8 Å². The molecule has 0 aromatic carbocycles. The first-order chi connectivity index (χ1) is 5.52. The van der Waals surface area contributed by atoms with E-state index in [2.05, 4.69) is 9.47 Å². The van der Waals surface area contributed by atoms with E-state index in [1.54, 1.807) is 0 Å². The number of ether oxygens (including phenoxy) is 2. The third-order valence-corrected chi connectivity index (χ3v) is 0.885. The fourth-order valence-electron chi connectivity index (χ4n) is 0.419. The van der Waals surface area contributed by atoms with Crippen LogP contribution in [0.5, 0.6) is 0 Å². The predicted octanol–water partition coefficient (Wildman–Crippen LogP) is -0.0988. The summed E-state index contributed by atoms with van der Waals surface area (Å²) in [6.07, 6.45) is -2.29. The molecule has 0 aliphatic rings. The van der Waals surface area contributed by atoms with Gasteiger partial charge < -0.3 is 19.7 Å². The van der Waals surface area contributed by atoms with Crippen molar-refractivity contribution in [1.82, 2.24) is 0 Å². The molecule has 0 aliphatic heterocycles. The molecule has 0 heterocycles. The SMILES string of the molecule is CC(O)COC(=O)OCC(C)O. The molecule has 0 fully saturated rings. The standard InChI is InChI=1S/C7H14O5/c1-5(8)3-11-7(10)12-4-6(2)9/h5-6,8-9H,3-4H2,1-2H3. The molecule has 2 unspecified atom stereocenters. The first-order valence-corrected chi connectivity index (χ1v) is 3.68. The molecule has 0 amide bonds. The summed E-state index contributed by atoms with van der Waals surface area (Å²) in [5, 5.41) is 17.4. The topological polar surface area (TPSA) is 76.0 Å². The Kier molecular flexibility index (Phi) is 5.40. The Hall–Kier alpha value is -0.810. The summed E-state index contributed by atoms with van der Waals surface area (Å²) < 4.78 is 8.86. The minimum Gasteiger partial charge on any atom is -0.432 e. The van der Waals surface area contributed by atoms with Crippen molar-refractivity contribution in [3.05, 3.63) is 0 Å². The number of hydrogen-bond donors (Lipinski definition) is 2. The van der Waals surface area contributed by atoms with Crippen molar-refractivity contribution in [1.29, 1.82) is 0 Å². The molecule has 2 atom stereocenters. The smallest absolute Gasteiger partial charge is 0.432 e. The van der Waals surface area contributed by atoms with Gasteiger partial charge in [-0.25, -0.2) is 4.79 Å². The predicted molar refractivity (Wildman–Crippen MR) is 40.7 cm³/mol. The van der Waals surface area contributed by atoms with Gasteiger partial charge in [0.25, 0.3) is 0 Å². The van der Waals surface area contributed by atoms with E-state index in [4.69, 9.17) is 10.2 Å². The summed E-state index contributed by atoms with van der Waals surface area (Å²) in [4.78, 5) is 10.6. The monoisotopic (exact) mass is 178 g/mol. The summed E-state index contributed by atoms with van der Waals surface area (Å²) in [5.74, 6) is 0. The van der Waals surface area contributed by atoms with Gasteiger partial charge in [-0.1, -0.05) is 0 Å². The van der Waals surface area contributed by atoms with E-state index >= 15 is 0 Å². The fourth-order valence-corrected chi connectivity index (χ4v) is 0.419. The number of carbonyl (C=O) groups is 1. The van der Waals surface area contributed by atoms with Crippen molar-refractivity contribution in [3.63, 3.8) is 0 Å². The van der Waals surface area contributed by atoms with Crippen LogP contribution in [0.1, 0.15) is 13.8 Å². The Bertz CT molecular complexity index is 118. The van der Waals surface area contributed by atoms with Crippen LogP contribution in [-0.2, 0) is 9.47 Å². The number of aliphatic hydroxyl groups is 2. The molecule has 2 N–H and O–H groups in total.